The van der Waals surface area contributed by atoms with Gasteiger partial charge in [-0.3, -0.25) is 19.3 Å². The maximum Gasteiger partial charge on any atom is 0.283 e. The molecule has 0 saturated carbocycles. The fourth-order valence-electron chi connectivity index (χ4n) is 4.62. The molecule has 0 aliphatic carbocycles. The van der Waals surface area contributed by atoms with Gasteiger partial charge >= 0.3 is 0 Å². The van der Waals surface area contributed by atoms with E-state index < -0.39 is 11.8 Å². The molecule has 0 radical (unpaired) electrons. The van der Waals surface area contributed by atoms with Crippen LogP contribution in [0.1, 0.15) is 21.5 Å². The van der Waals surface area contributed by atoms with Gasteiger partial charge in [0.05, 0.1) is 5.69 Å². The summed E-state index contributed by atoms with van der Waals surface area (Å²) < 4.78 is 0. The van der Waals surface area contributed by atoms with Crippen molar-refractivity contribution >= 4 is 40.7 Å². The summed E-state index contributed by atoms with van der Waals surface area (Å²) in [5.41, 5.74) is 3.70. The number of hydrogen-bond donors (Lipinski definition) is 1. The Balaban J connectivity index is 1.21. The molecule has 3 amide bonds. The molecule has 1 N–H and O–H groups in total. The molecule has 8 heteroatoms. The second kappa shape index (κ2) is 10.6. The Labute approximate surface area is 220 Å². The van der Waals surface area contributed by atoms with Crippen LogP contribution in [0.25, 0.3) is 0 Å². The third-order valence-corrected chi connectivity index (χ3v) is 7.04. The minimum atomic E-state index is -0.568. The van der Waals surface area contributed by atoms with Crippen molar-refractivity contribution in [1.82, 2.24) is 9.80 Å². The molecule has 0 unspecified atom stereocenters. The van der Waals surface area contributed by atoms with Crippen molar-refractivity contribution in [2.45, 2.75) is 13.5 Å². The molecule has 1 fully saturated rings. The molecular weight excluding hydrogens is 488 g/mol. The van der Waals surface area contributed by atoms with Crippen LogP contribution < -0.4 is 10.2 Å². The second-order valence-corrected chi connectivity index (χ2v) is 9.56. The Morgan fingerprint density at radius 2 is 1.49 bits per heavy atom. The predicted molar refractivity (Wildman–Crippen MR) is 144 cm³/mol. The van der Waals surface area contributed by atoms with Gasteiger partial charge in [-0.25, -0.2) is 4.90 Å². The molecular formula is C29H27ClN4O3. The first kappa shape index (κ1) is 24.7. The normalized spacial score (nSPS) is 16.5. The number of piperazine rings is 1. The van der Waals surface area contributed by atoms with E-state index in [0.29, 0.717) is 30.0 Å². The van der Waals surface area contributed by atoms with Crippen LogP contribution in [0.3, 0.4) is 0 Å². The van der Waals surface area contributed by atoms with Crippen molar-refractivity contribution in [2.24, 2.45) is 0 Å². The van der Waals surface area contributed by atoms with Gasteiger partial charge in [0, 0.05) is 44.0 Å². The minimum Gasteiger partial charge on any atom is -0.350 e. The summed E-state index contributed by atoms with van der Waals surface area (Å²) in [7, 11) is 0. The number of hydrogen-bond acceptors (Lipinski definition) is 5. The second-order valence-electron chi connectivity index (χ2n) is 9.18. The lowest BCUT2D eigenvalue weighted by Crippen LogP contribution is -2.48. The van der Waals surface area contributed by atoms with Crippen LogP contribution in [-0.4, -0.2) is 53.7 Å². The number of nitrogens with one attached hydrogen (secondary N) is 1. The standard InChI is InChI=1S/C29H27ClN4O3/c1-20-7-5-6-10-24(20)34-28(36)25(30)26(29(34)37)31-23-13-11-22(12-14-23)27(35)33-17-15-32(16-18-33)19-21-8-3-2-4-9-21/h2-14,31H,15-19H2,1H3. The molecule has 2 heterocycles. The lowest BCUT2D eigenvalue weighted by molar-refractivity contribution is -0.120. The summed E-state index contributed by atoms with van der Waals surface area (Å²) in [6, 6.07) is 24.3. The van der Waals surface area contributed by atoms with Crippen LogP contribution in [-0.2, 0) is 16.1 Å². The third-order valence-electron chi connectivity index (χ3n) is 6.69. The molecule has 5 rings (SSSR count). The van der Waals surface area contributed by atoms with Crippen molar-refractivity contribution in [3.05, 3.63) is 106 Å². The molecule has 7 nitrogen and oxygen atoms in total. The fraction of sp³-hybridized carbons (Fsp3) is 0.207. The zero-order valence-corrected chi connectivity index (χ0v) is 21.2. The summed E-state index contributed by atoms with van der Waals surface area (Å²) in [6.07, 6.45) is 0. The summed E-state index contributed by atoms with van der Waals surface area (Å²) >= 11 is 6.26. The first-order chi connectivity index (χ1) is 17.9. The molecule has 2 aliphatic heterocycles. The number of carbonyl (C=O) groups excluding carboxylic acids is 3. The summed E-state index contributed by atoms with van der Waals surface area (Å²) in [6.45, 7) is 5.68. The van der Waals surface area contributed by atoms with Crippen LogP contribution in [0.5, 0.6) is 0 Å². The number of aryl methyl sites for hydroxylation is 1. The highest BCUT2D eigenvalue weighted by molar-refractivity contribution is 6.53. The van der Waals surface area contributed by atoms with Crippen LogP contribution in [0, 0.1) is 6.92 Å². The van der Waals surface area contributed by atoms with Crippen molar-refractivity contribution in [2.75, 3.05) is 36.4 Å². The number of halogens is 1. The Hall–Kier alpha value is -3.94. The van der Waals surface area contributed by atoms with E-state index in [4.69, 9.17) is 11.6 Å². The highest BCUT2D eigenvalue weighted by Gasteiger charge is 2.39. The smallest absolute Gasteiger partial charge is 0.283 e. The third kappa shape index (κ3) is 5.14. The first-order valence-electron chi connectivity index (χ1n) is 12.2. The summed E-state index contributed by atoms with van der Waals surface area (Å²) in [5.74, 6) is -1.11. The van der Waals surface area contributed by atoms with Gasteiger partial charge in [-0.1, -0.05) is 60.1 Å². The van der Waals surface area contributed by atoms with E-state index in [1.165, 1.54) is 5.56 Å². The lowest BCUT2D eigenvalue weighted by Gasteiger charge is -2.34. The SMILES string of the molecule is Cc1ccccc1N1C(=O)C(Cl)=C(Nc2ccc(C(=O)N3CCN(Cc4ccccc4)CC3)cc2)C1=O. The summed E-state index contributed by atoms with van der Waals surface area (Å²) in [4.78, 5) is 44.1. The Morgan fingerprint density at radius 1 is 0.838 bits per heavy atom. The van der Waals surface area contributed by atoms with E-state index in [-0.39, 0.29) is 16.6 Å². The number of rotatable bonds is 6. The number of amides is 3. The zero-order chi connectivity index (χ0) is 25.9. The highest BCUT2D eigenvalue weighted by atomic mass is 35.5. The lowest BCUT2D eigenvalue weighted by atomic mass is 10.1. The molecule has 3 aromatic carbocycles. The number of imide groups is 1. The molecule has 2 aliphatic rings. The molecule has 0 atom stereocenters. The van der Waals surface area contributed by atoms with E-state index >= 15 is 0 Å². The van der Waals surface area contributed by atoms with E-state index in [0.717, 1.165) is 30.1 Å². The van der Waals surface area contributed by atoms with Crippen LogP contribution in [0.4, 0.5) is 11.4 Å². The predicted octanol–water partition coefficient (Wildman–Crippen LogP) is 4.39. The average Bonchev–Trinajstić information content (AvgIpc) is 3.13. The average molecular weight is 515 g/mol. The van der Waals surface area contributed by atoms with Gasteiger partial charge in [0.15, 0.2) is 0 Å². The first-order valence-corrected chi connectivity index (χ1v) is 12.6. The van der Waals surface area contributed by atoms with E-state index in [1.807, 2.05) is 42.2 Å². The van der Waals surface area contributed by atoms with Gasteiger partial charge in [0.1, 0.15) is 10.7 Å². The van der Waals surface area contributed by atoms with Crippen molar-refractivity contribution < 1.29 is 14.4 Å². The summed E-state index contributed by atoms with van der Waals surface area (Å²) in [5, 5.41) is 2.80. The van der Waals surface area contributed by atoms with Crippen molar-refractivity contribution in [1.29, 1.82) is 0 Å². The van der Waals surface area contributed by atoms with Gasteiger partial charge < -0.3 is 10.2 Å². The highest BCUT2D eigenvalue weighted by Crippen LogP contribution is 2.31. The monoisotopic (exact) mass is 514 g/mol. The van der Waals surface area contributed by atoms with Gasteiger partial charge in [-0.15, -0.1) is 0 Å². The maximum absolute atomic E-state index is 13.1. The van der Waals surface area contributed by atoms with Crippen LogP contribution >= 0.6 is 11.6 Å². The number of carbonyl (C=O) groups is 3. The Morgan fingerprint density at radius 3 is 2.16 bits per heavy atom. The van der Waals surface area contributed by atoms with Gasteiger partial charge in [0.2, 0.25) is 0 Å². The van der Waals surface area contributed by atoms with E-state index in [1.54, 1.807) is 36.4 Å². The topological polar surface area (TPSA) is 73.0 Å². The number of para-hydroxylation sites is 1. The number of nitrogens with zero attached hydrogens (tertiary/aromatic N) is 3. The molecule has 0 aromatic heterocycles. The molecule has 188 valence electrons. The van der Waals surface area contributed by atoms with Crippen molar-refractivity contribution in [3.8, 4) is 0 Å². The molecule has 3 aromatic rings. The fourth-order valence-corrected chi connectivity index (χ4v) is 4.83. The molecule has 37 heavy (non-hydrogen) atoms. The van der Waals surface area contributed by atoms with Crippen molar-refractivity contribution in [3.63, 3.8) is 0 Å². The number of anilines is 2. The van der Waals surface area contributed by atoms with Gasteiger partial charge in [-0.05, 0) is 48.4 Å². The maximum atomic E-state index is 13.1. The Bertz CT molecular complexity index is 1360. The molecule has 0 bridgehead atoms. The van der Waals surface area contributed by atoms with Gasteiger partial charge in [-0.2, -0.15) is 0 Å². The van der Waals surface area contributed by atoms with Crippen LogP contribution in [0.15, 0.2) is 89.6 Å². The minimum absolute atomic E-state index is 0.0172. The largest absolute Gasteiger partial charge is 0.350 e. The Kier molecular flexibility index (Phi) is 7.08. The van der Waals surface area contributed by atoms with E-state index in [2.05, 4.69) is 22.3 Å². The molecule has 1 saturated heterocycles. The molecule has 0 spiro atoms. The zero-order valence-electron chi connectivity index (χ0n) is 20.5. The van der Waals surface area contributed by atoms with Crippen LogP contribution in [0.2, 0.25) is 0 Å². The quantitative estimate of drug-likeness (QED) is 0.494. The van der Waals surface area contributed by atoms with E-state index in [9.17, 15) is 14.4 Å². The number of benzene rings is 3. The van der Waals surface area contributed by atoms with Gasteiger partial charge in [0.25, 0.3) is 17.7 Å².